The van der Waals surface area contributed by atoms with Crippen LogP contribution in [0.25, 0.3) is 0 Å². The van der Waals surface area contributed by atoms with E-state index in [4.69, 9.17) is 9.47 Å². The maximum Gasteiger partial charge on any atom is 0.356 e. The van der Waals surface area contributed by atoms with Gasteiger partial charge in [0, 0.05) is 6.07 Å². The monoisotopic (exact) mass is 284 g/mol. The van der Waals surface area contributed by atoms with Crippen LogP contribution in [0.5, 0.6) is 5.88 Å². The van der Waals surface area contributed by atoms with Crippen molar-refractivity contribution in [2.75, 3.05) is 20.3 Å². The van der Waals surface area contributed by atoms with Crippen molar-refractivity contribution in [1.82, 2.24) is 4.98 Å². The average molecular weight is 284 g/mol. The topological polar surface area (TPSA) is 101 Å². The number of nitro groups is 1. The molecule has 8 heteroatoms. The fourth-order valence-electron chi connectivity index (χ4n) is 1.32. The van der Waals surface area contributed by atoms with Gasteiger partial charge in [0.2, 0.25) is 0 Å². The zero-order chi connectivity index (χ0) is 15.1. The first-order valence-corrected chi connectivity index (χ1v) is 5.94. The van der Waals surface area contributed by atoms with Crippen LogP contribution < -0.4 is 4.74 Å². The van der Waals surface area contributed by atoms with Crippen molar-refractivity contribution in [2.24, 2.45) is 0 Å². The SMILES string of the molecule is COC(=O)c1ccc([N+](=O)[O-])c(OCCOC(C)C)n1. The number of aromatic nitrogens is 1. The Labute approximate surface area is 115 Å². The van der Waals surface area contributed by atoms with Gasteiger partial charge in [-0.05, 0) is 19.9 Å². The summed E-state index contributed by atoms with van der Waals surface area (Å²) in [6.07, 6.45) is 0.0305. The Balaban J connectivity index is 2.83. The third kappa shape index (κ3) is 4.47. The van der Waals surface area contributed by atoms with Crippen LogP contribution in [0.15, 0.2) is 12.1 Å². The van der Waals surface area contributed by atoms with E-state index in [9.17, 15) is 14.9 Å². The maximum atomic E-state index is 11.3. The van der Waals surface area contributed by atoms with Gasteiger partial charge in [-0.15, -0.1) is 0 Å². The zero-order valence-corrected chi connectivity index (χ0v) is 11.5. The Bertz CT molecular complexity index is 489. The third-order valence-electron chi connectivity index (χ3n) is 2.20. The second kappa shape index (κ2) is 7.39. The molecule has 0 atom stereocenters. The highest BCUT2D eigenvalue weighted by atomic mass is 16.6. The number of esters is 1. The van der Waals surface area contributed by atoms with Crippen molar-refractivity contribution >= 4 is 11.7 Å². The molecule has 0 radical (unpaired) electrons. The number of carbonyl (C=O) groups excluding carboxylic acids is 1. The second-order valence-corrected chi connectivity index (χ2v) is 4.04. The standard InChI is InChI=1S/C12H16N2O6/c1-8(2)19-6-7-20-11-10(14(16)17)5-4-9(13-11)12(15)18-3/h4-5,8H,6-7H2,1-3H3. The molecule has 1 aromatic rings. The summed E-state index contributed by atoms with van der Waals surface area (Å²) in [4.78, 5) is 25.3. The van der Waals surface area contributed by atoms with Crippen LogP contribution in [0.3, 0.4) is 0 Å². The Morgan fingerprint density at radius 1 is 1.40 bits per heavy atom. The van der Waals surface area contributed by atoms with Crippen LogP contribution in [-0.4, -0.2) is 42.3 Å². The van der Waals surface area contributed by atoms with Gasteiger partial charge in [-0.1, -0.05) is 0 Å². The summed E-state index contributed by atoms with van der Waals surface area (Å²) < 4.78 is 14.9. The van der Waals surface area contributed by atoms with Crippen LogP contribution in [0.2, 0.25) is 0 Å². The molecule has 0 saturated heterocycles. The molecule has 0 bridgehead atoms. The molecule has 0 saturated carbocycles. The Morgan fingerprint density at radius 3 is 2.65 bits per heavy atom. The molecule has 0 unspecified atom stereocenters. The lowest BCUT2D eigenvalue weighted by molar-refractivity contribution is -0.386. The van der Waals surface area contributed by atoms with Gasteiger partial charge in [-0.2, -0.15) is 0 Å². The highest BCUT2D eigenvalue weighted by molar-refractivity contribution is 5.87. The largest absolute Gasteiger partial charge is 0.470 e. The van der Waals surface area contributed by atoms with Crippen LogP contribution in [-0.2, 0) is 9.47 Å². The van der Waals surface area contributed by atoms with Crippen molar-refractivity contribution in [1.29, 1.82) is 0 Å². The lowest BCUT2D eigenvalue weighted by Gasteiger charge is -2.09. The van der Waals surface area contributed by atoms with Gasteiger partial charge >= 0.3 is 11.7 Å². The number of pyridine rings is 1. The van der Waals surface area contributed by atoms with E-state index in [2.05, 4.69) is 9.72 Å². The molecule has 0 N–H and O–H groups in total. The average Bonchev–Trinajstić information content (AvgIpc) is 2.42. The second-order valence-electron chi connectivity index (χ2n) is 4.04. The minimum atomic E-state index is -0.692. The Hall–Kier alpha value is -2.22. The van der Waals surface area contributed by atoms with Crippen molar-refractivity contribution in [3.05, 3.63) is 27.9 Å². The molecular weight excluding hydrogens is 268 g/mol. The van der Waals surface area contributed by atoms with Crippen LogP contribution in [0, 0.1) is 10.1 Å². The molecule has 0 aromatic carbocycles. The van der Waals surface area contributed by atoms with E-state index in [0.29, 0.717) is 0 Å². The van der Waals surface area contributed by atoms with E-state index in [0.717, 1.165) is 6.07 Å². The number of hydrogen-bond donors (Lipinski definition) is 0. The molecule has 0 aliphatic carbocycles. The van der Waals surface area contributed by atoms with E-state index < -0.39 is 10.9 Å². The summed E-state index contributed by atoms with van der Waals surface area (Å²) >= 11 is 0. The van der Waals surface area contributed by atoms with Crippen LogP contribution in [0.4, 0.5) is 5.69 Å². The summed E-state index contributed by atoms with van der Waals surface area (Å²) in [5, 5.41) is 10.9. The quantitative estimate of drug-likeness (QED) is 0.324. The number of methoxy groups -OCH3 is 1. The summed E-state index contributed by atoms with van der Waals surface area (Å²) in [6.45, 7) is 4.08. The van der Waals surface area contributed by atoms with Gasteiger partial charge < -0.3 is 14.2 Å². The van der Waals surface area contributed by atoms with Gasteiger partial charge in [-0.3, -0.25) is 10.1 Å². The van der Waals surface area contributed by atoms with Gasteiger partial charge in [0.25, 0.3) is 5.88 Å². The van der Waals surface area contributed by atoms with Gasteiger partial charge in [0.05, 0.1) is 24.7 Å². The molecule has 0 aliphatic rings. The summed E-state index contributed by atoms with van der Waals surface area (Å²) in [6, 6.07) is 2.36. The fraction of sp³-hybridized carbons (Fsp3) is 0.500. The van der Waals surface area contributed by atoms with Gasteiger partial charge in [0.15, 0.2) is 5.69 Å². The maximum absolute atomic E-state index is 11.3. The molecular formula is C12H16N2O6. The molecule has 0 fully saturated rings. The molecule has 8 nitrogen and oxygen atoms in total. The number of hydrogen-bond acceptors (Lipinski definition) is 7. The molecule has 0 aliphatic heterocycles. The lowest BCUT2D eigenvalue weighted by Crippen LogP contribution is -2.13. The molecule has 0 amide bonds. The van der Waals surface area contributed by atoms with Crippen molar-refractivity contribution < 1.29 is 23.9 Å². The van der Waals surface area contributed by atoms with Crippen molar-refractivity contribution in [3.8, 4) is 5.88 Å². The highest BCUT2D eigenvalue weighted by Crippen LogP contribution is 2.24. The van der Waals surface area contributed by atoms with Crippen LogP contribution in [0.1, 0.15) is 24.3 Å². The number of nitrogens with zero attached hydrogens (tertiary/aromatic N) is 2. The van der Waals surface area contributed by atoms with Crippen LogP contribution >= 0.6 is 0 Å². The van der Waals surface area contributed by atoms with E-state index in [-0.39, 0.29) is 36.6 Å². The molecule has 1 aromatic heterocycles. The van der Waals surface area contributed by atoms with Crippen molar-refractivity contribution in [3.63, 3.8) is 0 Å². The van der Waals surface area contributed by atoms with Crippen molar-refractivity contribution in [2.45, 2.75) is 20.0 Å². The smallest absolute Gasteiger partial charge is 0.356 e. The Morgan fingerprint density at radius 2 is 2.10 bits per heavy atom. The number of rotatable bonds is 7. The zero-order valence-electron chi connectivity index (χ0n) is 11.5. The minimum absolute atomic E-state index is 0.0305. The first-order chi connectivity index (χ1) is 9.45. The number of carbonyl (C=O) groups is 1. The molecule has 110 valence electrons. The third-order valence-corrected chi connectivity index (χ3v) is 2.20. The molecule has 20 heavy (non-hydrogen) atoms. The molecule has 0 spiro atoms. The van der Waals surface area contributed by atoms with E-state index in [1.54, 1.807) is 0 Å². The molecule has 1 heterocycles. The van der Waals surface area contributed by atoms with E-state index in [1.807, 2.05) is 13.8 Å². The molecule has 1 rings (SSSR count). The van der Waals surface area contributed by atoms with E-state index >= 15 is 0 Å². The predicted molar refractivity (Wildman–Crippen MR) is 68.8 cm³/mol. The summed E-state index contributed by atoms with van der Waals surface area (Å²) in [7, 11) is 1.20. The highest BCUT2D eigenvalue weighted by Gasteiger charge is 2.20. The summed E-state index contributed by atoms with van der Waals surface area (Å²) in [5.41, 5.74) is -0.375. The lowest BCUT2D eigenvalue weighted by atomic mass is 10.3. The first kappa shape index (κ1) is 15.8. The van der Waals surface area contributed by atoms with Gasteiger partial charge in [-0.25, -0.2) is 9.78 Å². The van der Waals surface area contributed by atoms with E-state index in [1.165, 1.54) is 13.2 Å². The number of ether oxygens (including phenoxy) is 3. The minimum Gasteiger partial charge on any atom is -0.470 e. The first-order valence-electron chi connectivity index (χ1n) is 5.94. The van der Waals surface area contributed by atoms with Gasteiger partial charge in [0.1, 0.15) is 6.61 Å². The predicted octanol–water partition coefficient (Wildman–Crippen LogP) is 1.58. The fourth-order valence-corrected chi connectivity index (χ4v) is 1.32. The normalized spacial score (nSPS) is 10.4. The summed E-state index contributed by atoms with van der Waals surface area (Å²) in [5.74, 6) is -0.923. The Kier molecular flexibility index (Phi) is 5.85.